The molecule has 3 nitrogen and oxygen atoms in total. The summed E-state index contributed by atoms with van der Waals surface area (Å²) < 4.78 is 4.66. The summed E-state index contributed by atoms with van der Waals surface area (Å²) in [5.41, 5.74) is 0.998. The van der Waals surface area contributed by atoms with Gasteiger partial charge in [0.1, 0.15) is 0 Å². The lowest BCUT2D eigenvalue weighted by atomic mass is 10.2. The number of ether oxygens (including phenoxy) is 1. The van der Waals surface area contributed by atoms with Crippen LogP contribution >= 0.6 is 0 Å². The van der Waals surface area contributed by atoms with E-state index in [9.17, 15) is 4.79 Å². The van der Waals surface area contributed by atoms with E-state index < -0.39 is 0 Å². The summed E-state index contributed by atoms with van der Waals surface area (Å²) in [6.45, 7) is 0. The summed E-state index contributed by atoms with van der Waals surface area (Å²) in [6, 6.07) is 5.77. The Labute approximate surface area is 76.7 Å². The maximum absolute atomic E-state index is 11.1. The first-order chi connectivity index (χ1) is 6.33. The van der Waals surface area contributed by atoms with Gasteiger partial charge in [-0.15, -0.1) is 0 Å². The van der Waals surface area contributed by atoms with Gasteiger partial charge in [0.15, 0.2) is 0 Å². The number of hydrogen-bond acceptors (Lipinski definition) is 3. The van der Waals surface area contributed by atoms with Gasteiger partial charge < -0.3 is 4.74 Å². The highest BCUT2D eigenvalue weighted by molar-refractivity contribution is 5.77. The van der Waals surface area contributed by atoms with Crippen molar-refractivity contribution < 1.29 is 9.53 Å². The Morgan fingerprint density at radius 3 is 3.08 bits per heavy atom. The van der Waals surface area contributed by atoms with Crippen molar-refractivity contribution in [2.45, 2.75) is 12.3 Å². The van der Waals surface area contributed by atoms with Gasteiger partial charge in [0.05, 0.1) is 13.0 Å². The van der Waals surface area contributed by atoms with Crippen LogP contribution < -0.4 is 0 Å². The van der Waals surface area contributed by atoms with Gasteiger partial charge in [-0.2, -0.15) is 0 Å². The molecule has 13 heavy (non-hydrogen) atoms. The van der Waals surface area contributed by atoms with E-state index in [1.807, 2.05) is 18.2 Å². The Morgan fingerprint density at radius 2 is 2.46 bits per heavy atom. The first-order valence-electron chi connectivity index (χ1n) is 4.31. The Balaban J connectivity index is 2.04. The van der Waals surface area contributed by atoms with Crippen LogP contribution in [0.25, 0.3) is 0 Å². The number of carbonyl (C=O) groups excluding carboxylic acids is 1. The molecule has 0 aromatic carbocycles. The van der Waals surface area contributed by atoms with E-state index in [4.69, 9.17) is 0 Å². The molecule has 1 heterocycles. The van der Waals surface area contributed by atoms with Crippen LogP contribution in [-0.2, 0) is 9.53 Å². The zero-order valence-electron chi connectivity index (χ0n) is 7.43. The number of pyridine rings is 1. The molecule has 0 aliphatic heterocycles. The zero-order chi connectivity index (χ0) is 9.26. The molecule has 0 N–H and O–H groups in total. The Hall–Kier alpha value is -1.38. The third kappa shape index (κ3) is 1.54. The fraction of sp³-hybridized carbons (Fsp3) is 0.400. The number of rotatable bonds is 2. The van der Waals surface area contributed by atoms with Crippen LogP contribution in [0.5, 0.6) is 0 Å². The van der Waals surface area contributed by atoms with Crippen molar-refractivity contribution in [1.82, 2.24) is 4.98 Å². The molecule has 0 unspecified atom stereocenters. The maximum atomic E-state index is 11.1. The minimum Gasteiger partial charge on any atom is -0.469 e. The van der Waals surface area contributed by atoms with E-state index in [1.165, 1.54) is 7.11 Å². The summed E-state index contributed by atoms with van der Waals surface area (Å²) >= 11 is 0. The molecule has 1 fully saturated rings. The molecule has 1 aliphatic carbocycles. The van der Waals surface area contributed by atoms with Gasteiger partial charge in [-0.3, -0.25) is 9.78 Å². The molecule has 0 saturated heterocycles. The lowest BCUT2D eigenvalue weighted by Crippen LogP contribution is -2.04. The number of esters is 1. The fourth-order valence-electron chi connectivity index (χ4n) is 1.53. The van der Waals surface area contributed by atoms with E-state index in [0.29, 0.717) is 0 Å². The zero-order valence-corrected chi connectivity index (χ0v) is 7.43. The standard InChI is InChI=1S/C10H11NO2/c1-13-10(12)8-6-7(8)9-4-2-3-5-11-9/h2-5,7-8H,6H2,1H3/t7-,8-/m0/s1. The van der Waals surface area contributed by atoms with Crippen LogP contribution in [0.15, 0.2) is 24.4 Å². The summed E-state index contributed by atoms with van der Waals surface area (Å²) in [4.78, 5) is 15.3. The summed E-state index contributed by atoms with van der Waals surface area (Å²) in [7, 11) is 1.43. The highest BCUT2D eigenvalue weighted by Gasteiger charge is 2.45. The van der Waals surface area contributed by atoms with E-state index in [-0.39, 0.29) is 17.8 Å². The second-order valence-electron chi connectivity index (χ2n) is 3.23. The molecule has 68 valence electrons. The highest BCUT2D eigenvalue weighted by Crippen LogP contribution is 2.47. The van der Waals surface area contributed by atoms with Gasteiger partial charge >= 0.3 is 5.97 Å². The van der Waals surface area contributed by atoms with Crippen LogP contribution in [0.4, 0.5) is 0 Å². The van der Waals surface area contributed by atoms with E-state index in [2.05, 4.69) is 9.72 Å². The van der Waals surface area contributed by atoms with E-state index in [0.717, 1.165) is 12.1 Å². The molecule has 1 aliphatic rings. The molecule has 0 amide bonds. The number of methoxy groups -OCH3 is 1. The highest BCUT2D eigenvalue weighted by atomic mass is 16.5. The topological polar surface area (TPSA) is 39.2 Å². The molecular weight excluding hydrogens is 166 g/mol. The van der Waals surface area contributed by atoms with Crippen molar-refractivity contribution in [3.63, 3.8) is 0 Å². The minimum absolute atomic E-state index is 0.0416. The molecule has 3 heteroatoms. The minimum atomic E-state index is -0.115. The van der Waals surface area contributed by atoms with Crippen LogP contribution in [0, 0.1) is 5.92 Å². The maximum Gasteiger partial charge on any atom is 0.309 e. The quantitative estimate of drug-likeness (QED) is 0.640. The molecule has 1 aromatic rings. The average molecular weight is 177 g/mol. The lowest BCUT2D eigenvalue weighted by Gasteiger charge is -1.97. The molecule has 0 bridgehead atoms. The summed E-state index contributed by atoms with van der Waals surface area (Å²) in [6.07, 6.45) is 2.63. The normalized spacial score (nSPS) is 25.3. The van der Waals surface area contributed by atoms with Gasteiger partial charge in [-0.25, -0.2) is 0 Å². The third-order valence-corrected chi connectivity index (χ3v) is 2.36. The van der Waals surface area contributed by atoms with Crippen molar-refractivity contribution in [2.75, 3.05) is 7.11 Å². The lowest BCUT2D eigenvalue weighted by molar-refractivity contribution is -0.142. The van der Waals surface area contributed by atoms with Gasteiger partial charge in [-0.1, -0.05) is 6.07 Å². The van der Waals surface area contributed by atoms with E-state index >= 15 is 0 Å². The van der Waals surface area contributed by atoms with Crippen LogP contribution in [0.3, 0.4) is 0 Å². The number of hydrogen-bond donors (Lipinski definition) is 0. The first-order valence-corrected chi connectivity index (χ1v) is 4.31. The van der Waals surface area contributed by atoms with Gasteiger partial charge in [0, 0.05) is 17.8 Å². The number of nitrogens with zero attached hydrogens (tertiary/aromatic N) is 1. The number of aromatic nitrogens is 1. The summed E-state index contributed by atoms with van der Waals surface area (Å²) in [5, 5.41) is 0. The number of carbonyl (C=O) groups is 1. The molecule has 1 saturated carbocycles. The molecule has 0 spiro atoms. The summed E-state index contributed by atoms with van der Waals surface area (Å²) in [5.74, 6) is 0.212. The first kappa shape index (κ1) is 8.23. The molecular formula is C10H11NO2. The van der Waals surface area contributed by atoms with Gasteiger partial charge in [0.2, 0.25) is 0 Å². The molecule has 2 atom stereocenters. The fourth-order valence-corrected chi connectivity index (χ4v) is 1.53. The smallest absolute Gasteiger partial charge is 0.309 e. The second-order valence-corrected chi connectivity index (χ2v) is 3.23. The second kappa shape index (κ2) is 3.17. The van der Waals surface area contributed by atoms with Crippen LogP contribution in [-0.4, -0.2) is 18.1 Å². The third-order valence-electron chi connectivity index (χ3n) is 2.36. The van der Waals surface area contributed by atoms with Crippen molar-refractivity contribution >= 4 is 5.97 Å². The van der Waals surface area contributed by atoms with Crippen molar-refractivity contribution in [3.05, 3.63) is 30.1 Å². The van der Waals surface area contributed by atoms with Gasteiger partial charge in [0.25, 0.3) is 0 Å². The molecule has 1 aromatic heterocycles. The van der Waals surface area contributed by atoms with Crippen molar-refractivity contribution in [3.8, 4) is 0 Å². The Morgan fingerprint density at radius 1 is 1.62 bits per heavy atom. The predicted octanol–water partition coefficient (Wildman–Crippen LogP) is 1.36. The Kier molecular flexibility index (Phi) is 2.00. The van der Waals surface area contributed by atoms with Crippen molar-refractivity contribution in [1.29, 1.82) is 0 Å². The van der Waals surface area contributed by atoms with Gasteiger partial charge in [-0.05, 0) is 18.6 Å². The predicted molar refractivity (Wildman–Crippen MR) is 47.1 cm³/mol. The molecule has 2 rings (SSSR count). The van der Waals surface area contributed by atoms with E-state index in [1.54, 1.807) is 6.20 Å². The monoisotopic (exact) mass is 177 g/mol. The largest absolute Gasteiger partial charge is 0.469 e. The van der Waals surface area contributed by atoms with Crippen LogP contribution in [0.1, 0.15) is 18.0 Å². The van der Waals surface area contributed by atoms with Crippen molar-refractivity contribution in [2.24, 2.45) is 5.92 Å². The van der Waals surface area contributed by atoms with Crippen LogP contribution in [0.2, 0.25) is 0 Å². The Bertz CT molecular complexity index is 310. The average Bonchev–Trinajstić information content (AvgIpc) is 2.98. The molecule has 0 radical (unpaired) electrons. The SMILES string of the molecule is COC(=O)[C@H]1C[C@@H]1c1ccccn1.